The molecule has 1 amide bonds. The zero-order chi connectivity index (χ0) is 15.4. The van der Waals surface area contributed by atoms with Crippen molar-refractivity contribution in [3.05, 3.63) is 23.9 Å². The molecule has 0 atom stereocenters. The maximum Gasteiger partial charge on any atom is 0.211 e. The monoisotopic (exact) mass is 300 g/mol. The maximum absolute atomic E-state index is 10.5. The van der Waals surface area contributed by atoms with E-state index in [1.807, 2.05) is 12.1 Å². The summed E-state index contributed by atoms with van der Waals surface area (Å²) in [4.78, 5) is 13.1. The molecular formula is C17H24N4O. The van der Waals surface area contributed by atoms with E-state index in [2.05, 4.69) is 33.4 Å². The number of H-pyrrole nitrogens is 1. The summed E-state index contributed by atoms with van der Waals surface area (Å²) < 4.78 is 0. The number of amides is 1. The van der Waals surface area contributed by atoms with Crippen molar-refractivity contribution in [1.29, 1.82) is 0 Å². The lowest BCUT2D eigenvalue weighted by molar-refractivity contribution is -0.105. The Bertz CT molecular complexity index is 629. The first kappa shape index (κ1) is 15.0. The highest BCUT2D eigenvalue weighted by atomic mass is 16.1. The number of benzene rings is 1. The molecule has 118 valence electrons. The Morgan fingerprint density at radius 3 is 2.95 bits per heavy atom. The molecule has 0 aliphatic carbocycles. The predicted molar refractivity (Wildman–Crippen MR) is 89.1 cm³/mol. The highest BCUT2D eigenvalue weighted by Crippen LogP contribution is 2.32. The number of carbonyl (C=O) groups is 1. The SMILES string of the molecule is CCCCN1CCC(c2[nH]nc3cc(NC=O)ccc23)CC1. The van der Waals surface area contributed by atoms with Crippen molar-refractivity contribution in [2.75, 3.05) is 25.0 Å². The third-order valence-corrected chi connectivity index (χ3v) is 4.63. The van der Waals surface area contributed by atoms with E-state index in [0.717, 1.165) is 11.2 Å². The normalized spacial score (nSPS) is 17.0. The van der Waals surface area contributed by atoms with Gasteiger partial charge in [0.1, 0.15) is 0 Å². The fourth-order valence-corrected chi connectivity index (χ4v) is 3.33. The molecule has 2 aromatic rings. The zero-order valence-corrected chi connectivity index (χ0v) is 13.1. The van der Waals surface area contributed by atoms with Crippen molar-refractivity contribution in [2.24, 2.45) is 0 Å². The lowest BCUT2D eigenvalue weighted by Gasteiger charge is -2.31. The van der Waals surface area contributed by atoms with Gasteiger partial charge in [0.2, 0.25) is 6.41 Å². The van der Waals surface area contributed by atoms with E-state index in [9.17, 15) is 4.79 Å². The Hall–Kier alpha value is -1.88. The van der Waals surface area contributed by atoms with Crippen LogP contribution in [-0.4, -0.2) is 41.1 Å². The number of nitrogens with one attached hydrogen (secondary N) is 2. The minimum absolute atomic E-state index is 0.563. The number of anilines is 1. The number of fused-ring (bicyclic) bond motifs is 1. The standard InChI is InChI=1S/C17H24N4O/c1-2-3-8-21-9-6-13(7-10-21)17-15-5-4-14(18-12-22)11-16(15)19-20-17/h4-5,11-13H,2-3,6-10H2,1H3,(H,18,22)(H,19,20). The van der Waals surface area contributed by atoms with Gasteiger partial charge in [-0.2, -0.15) is 5.10 Å². The first-order valence-electron chi connectivity index (χ1n) is 8.22. The molecule has 2 N–H and O–H groups in total. The van der Waals surface area contributed by atoms with E-state index in [-0.39, 0.29) is 0 Å². The summed E-state index contributed by atoms with van der Waals surface area (Å²) in [5.74, 6) is 0.563. The van der Waals surface area contributed by atoms with Crippen molar-refractivity contribution < 1.29 is 4.79 Å². The summed E-state index contributed by atoms with van der Waals surface area (Å²) in [5, 5.41) is 11.5. The lowest BCUT2D eigenvalue weighted by atomic mass is 9.91. The minimum atomic E-state index is 0.563. The number of carbonyl (C=O) groups excluding carboxylic acids is 1. The van der Waals surface area contributed by atoms with Crippen LogP contribution in [0.25, 0.3) is 10.9 Å². The molecule has 1 aliphatic heterocycles. The molecule has 0 saturated carbocycles. The highest BCUT2D eigenvalue weighted by molar-refractivity contribution is 5.87. The second kappa shape index (κ2) is 6.92. The number of likely N-dealkylation sites (tertiary alicyclic amines) is 1. The van der Waals surface area contributed by atoms with E-state index < -0.39 is 0 Å². The summed E-state index contributed by atoms with van der Waals surface area (Å²) in [6.07, 6.45) is 5.64. The van der Waals surface area contributed by atoms with Gasteiger partial charge >= 0.3 is 0 Å². The van der Waals surface area contributed by atoms with Crippen LogP contribution in [0.1, 0.15) is 44.2 Å². The number of unbranched alkanes of at least 4 members (excludes halogenated alkanes) is 1. The first-order valence-corrected chi connectivity index (χ1v) is 8.22. The molecule has 1 aliphatic rings. The predicted octanol–water partition coefficient (Wildman–Crippen LogP) is 3.11. The first-order chi connectivity index (χ1) is 10.8. The van der Waals surface area contributed by atoms with Gasteiger partial charge in [-0.1, -0.05) is 13.3 Å². The van der Waals surface area contributed by atoms with E-state index in [0.29, 0.717) is 12.3 Å². The fraction of sp³-hybridized carbons (Fsp3) is 0.529. The van der Waals surface area contributed by atoms with Gasteiger partial charge in [-0.25, -0.2) is 0 Å². The molecular weight excluding hydrogens is 276 g/mol. The Morgan fingerprint density at radius 2 is 2.23 bits per heavy atom. The number of aromatic amines is 1. The van der Waals surface area contributed by atoms with Crippen LogP contribution in [0.5, 0.6) is 0 Å². The van der Waals surface area contributed by atoms with E-state index in [1.165, 1.54) is 56.4 Å². The Morgan fingerprint density at radius 1 is 1.41 bits per heavy atom. The highest BCUT2D eigenvalue weighted by Gasteiger charge is 2.23. The Labute approximate surface area is 131 Å². The molecule has 1 aromatic heterocycles. The minimum Gasteiger partial charge on any atom is -0.329 e. The van der Waals surface area contributed by atoms with Crippen LogP contribution in [0.2, 0.25) is 0 Å². The summed E-state index contributed by atoms with van der Waals surface area (Å²) >= 11 is 0. The molecule has 5 nitrogen and oxygen atoms in total. The van der Waals surface area contributed by atoms with Gasteiger partial charge in [-0.05, 0) is 57.1 Å². The topological polar surface area (TPSA) is 61.0 Å². The third-order valence-electron chi connectivity index (χ3n) is 4.63. The molecule has 3 rings (SSSR count). The van der Waals surface area contributed by atoms with Crippen LogP contribution in [0.3, 0.4) is 0 Å². The average molecular weight is 300 g/mol. The summed E-state index contributed by atoms with van der Waals surface area (Å²) in [5.41, 5.74) is 2.97. The molecule has 2 heterocycles. The largest absolute Gasteiger partial charge is 0.329 e. The fourth-order valence-electron chi connectivity index (χ4n) is 3.33. The van der Waals surface area contributed by atoms with E-state index in [4.69, 9.17) is 0 Å². The number of aromatic nitrogens is 2. The molecule has 0 radical (unpaired) electrons. The molecule has 22 heavy (non-hydrogen) atoms. The van der Waals surface area contributed by atoms with Gasteiger partial charge < -0.3 is 10.2 Å². The van der Waals surface area contributed by atoms with Gasteiger partial charge in [0.25, 0.3) is 0 Å². The molecule has 0 unspecified atom stereocenters. The van der Waals surface area contributed by atoms with Gasteiger partial charge in [-0.15, -0.1) is 0 Å². The molecule has 1 saturated heterocycles. The summed E-state index contributed by atoms with van der Waals surface area (Å²) in [6, 6.07) is 5.91. The van der Waals surface area contributed by atoms with E-state index in [1.54, 1.807) is 0 Å². The van der Waals surface area contributed by atoms with Crippen molar-refractivity contribution in [3.8, 4) is 0 Å². The molecule has 1 fully saturated rings. The number of hydrogen-bond donors (Lipinski definition) is 2. The van der Waals surface area contributed by atoms with Crippen LogP contribution in [0, 0.1) is 0 Å². The summed E-state index contributed by atoms with van der Waals surface area (Å²) in [6.45, 7) is 5.83. The number of hydrogen-bond acceptors (Lipinski definition) is 3. The average Bonchev–Trinajstić information content (AvgIpc) is 2.97. The van der Waals surface area contributed by atoms with E-state index >= 15 is 0 Å². The maximum atomic E-state index is 10.5. The van der Waals surface area contributed by atoms with Crippen molar-refractivity contribution in [1.82, 2.24) is 15.1 Å². The van der Waals surface area contributed by atoms with Gasteiger partial charge in [0, 0.05) is 22.7 Å². The third kappa shape index (κ3) is 3.14. The molecule has 0 bridgehead atoms. The Kier molecular flexibility index (Phi) is 4.73. The second-order valence-corrected chi connectivity index (χ2v) is 6.10. The van der Waals surface area contributed by atoms with Gasteiger partial charge in [0.15, 0.2) is 0 Å². The second-order valence-electron chi connectivity index (χ2n) is 6.10. The van der Waals surface area contributed by atoms with Crippen LogP contribution in [0.15, 0.2) is 18.2 Å². The number of rotatable bonds is 6. The van der Waals surface area contributed by atoms with Crippen LogP contribution < -0.4 is 5.32 Å². The van der Waals surface area contributed by atoms with Gasteiger partial charge in [-0.3, -0.25) is 9.89 Å². The zero-order valence-electron chi connectivity index (χ0n) is 13.1. The van der Waals surface area contributed by atoms with Crippen LogP contribution >= 0.6 is 0 Å². The van der Waals surface area contributed by atoms with Crippen molar-refractivity contribution in [3.63, 3.8) is 0 Å². The molecule has 0 spiro atoms. The molecule has 5 heteroatoms. The quantitative estimate of drug-likeness (QED) is 0.806. The number of nitrogens with zero attached hydrogens (tertiary/aromatic N) is 2. The molecule has 1 aromatic carbocycles. The lowest BCUT2D eigenvalue weighted by Crippen LogP contribution is -2.33. The van der Waals surface area contributed by atoms with Gasteiger partial charge in [0.05, 0.1) is 5.52 Å². The van der Waals surface area contributed by atoms with Crippen molar-refractivity contribution in [2.45, 2.75) is 38.5 Å². The van der Waals surface area contributed by atoms with Crippen LogP contribution in [-0.2, 0) is 4.79 Å². The smallest absolute Gasteiger partial charge is 0.211 e. The van der Waals surface area contributed by atoms with Crippen LogP contribution in [0.4, 0.5) is 5.69 Å². The Balaban J connectivity index is 1.70. The number of piperidine rings is 1. The summed E-state index contributed by atoms with van der Waals surface area (Å²) in [7, 11) is 0. The van der Waals surface area contributed by atoms with Crippen molar-refractivity contribution >= 4 is 23.0 Å².